The van der Waals surface area contributed by atoms with Gasteiger partial charge in [-0.05, 0) is 56.5 Å². The predicted octanol–water partition coefficient (Wildman–Crippen LogP) is 4.00. The molecule has 2 aromatic rings. The van der Waals surface area contributed by atoms with Crippen molar-refractivity contribution in [2.75, 3.05) is 30.4 Å². The third-order valence-electron chi connectivity index (χ3n) is 5.12. The standard InChI is InChI=1S/C21H30N4/c1-17(2)24(3)21-8-4-7-20(14-21)23-19-9-12-25(13-10-19)16-18-6-5-11-22-15-18/h4-8,11,14-15,17,19,23H,9-10,12-13,16H2,1-3H3. The second kappa shape index (κ2) is 8.34. The first-order valence-electron chi connectivity index (χ1n) is 9.32. The Kier molecular flexibility index (Phi) is 5.92. The summed E-state index contributed by atoms with van der Waals surface area (Å²) in [5.41, 5.74) is 3.81. The monoisotopic (exact) mass is 338 g/mol. The molecule has 1 N–H and O–H groups in total. The number of hydrogen-bond donors (Lipinski definition) is 1. The van der Waals surface area contributed by atoms with Crippen molar-refractivity contribution in [2.24, 2.45) is 0 Å². The Morgan fingerprint density at radius 2 is 2.00 bits per heavy atom. The minimum atomic E-state index is 0.506. The van der Waals surface area contributed by atoms with Crippen LogP contribution >= 0.6 is 0 Å². The van der Waals surface area contributed by atoms with Crippen molar-refractivity contribution >= 4 is 11.4 Å². The first-order chi connectivity index (χ1) is 12.1. The molecule has 0 unspecified atom stereocenters. The number of aromatic nitrogens is 1. The Bertz CT molecular complexity index is 648. The van der Waals surface area contributed by atoms with Crippen LogP contribution in [0.2, 0.25) is 0 Å². The summed E-state index contributed by atoms with van der Waals surface area (Å²) in [6, 6.07) is 14.0. The summed E-state index contributed by atoms with van der Waals surface area (Å²) in [6.45, 7) is 7.72. The van der Waals surface area contributed by atoms with Gasteiger partial charge in [0.1, 0.15) is 0 Å². The van der Waals surface area contributed by atoms with Crippen molar-refractivity contribution in [1.82, 2.24) is 9.88 Å². The average molecular weight is 338 g/mol. The lowest BCUT2D eigenvalue weighted by Crippen LogP contribution is -2.38. The van der Waals surface area contributed by atoms with Gasteiger partial charge in [0.25, 0.3) is 0 Å². The number of anilines is 2. The maximum absolute atomic E-state index is 4.21. The molecule has 1 aliphatic rings. The molecule has 0 amide bonds. The predicted molar refractivity (Wildman–Crippen MR) is 106 cm³/mol. The molecule has 1 aromatic heterocycles. The highest BCUT2D eigenvalue weighted by atomic mass is 15.1. The Morgan fingerprint density at radius 1 is 1.20 bits per heavy atom. The van der Waals surface area contributed by atoms with Crippen LogP contribution in [-0.4, -0.2) is 42.1 Å². The molecule has 2 heterocycles. The van der Waals surface area contributed by atoms with Crippen LogP contribution in [0, 0.1) is 0 Å². The number of piperidine rings is 1. The Labute approximate surface area is 151 Å². The van der Waals surface area contributed by atoms with Crippen molar-refractivity contribution in [3.63, 3.8) is 0 Å². The maximum Gasteiger partial charge on any atom is 0.0386 e. The smallest absolute Gasteiger partial charge is 0.0386 e. The molecule has 134 valence electrons. The molecule has 4 nitrogen and oxygen atoms in total. The summed E-state index contributed by atoms with van der Waals surface area (Å²) >= 11 is 0. The molecule has 0 aliphatic carbocycles. The molecule has 0 atom stereocenters. The molecule has 0 bridgehead atoms. The van der Waals surface area contributed by atoms with Crippen molar-refractivity contribution in [2.45, 2.75) is 45.3 Å². The number of benzene rings is 1. The first kappa shape index (κ1) is 17.7. The highest BCUT2D eigenvalue weighted by Crippen LogP contribution is 2.23. The molecule has 25 heavy (non-hydrogen) atoms. The van der Waals surface area contributed by atoms with Gasteiger partial charge < -0.3 is 10.2 Å². The zero-order chi connectivity index (χ0) is 17.6. The highest BCUT2D eigenvalue weighted by molar-refractivity contribution is 5.58. The minimum absolute atomic E-state index is 0.506. The molecule has 1 fully saturated rings. The molecule has 3 rings (SSSR count). The van der Waals surface area contributed by atoms with E-state index in [2.05, 4.69) is 71.3 Å². The number of hydrogen-bond acceptors (Lipinski definition) is 4. The van der Waals surface area contributed by atoms with E-state index in [1.165, 1.54) is 29.8 Å². The summed E-state index contributed by atoms with van der Waals surface area (Å²) < 4.78 is 0. The van der Waals surface area contributed by atoms with Crippen LogP contribution < -0.4 is 10.2 Å². The fourth-order valence-corrected chi connectivity index (χ4v) is 3.33. The van der Waals surface area contributed by atoms with E-state index in [1.54, 1.807) is 0 Å². The third kappa shape index (κ3) is 4.95. The van der Waals surface area contributed by atoms with Crippen LogP contribution in [0.5, 0.6) is 0 Å². The summed E-state index contributed by atoms with van der Waals surface area (Å²) in [5, 5.41) is 3.73. The van der Waals surface area contributed by atoms with Gasteiger partial charge in [-0.2, -0.15) is 0 Å². The summed E-state index contributed by atoms with van der Waals surface area (Å²) in [7, 11) is 2.15. The highest BCUT2D eigenvalue weighted by Gasteiger charge is 2.19. The SMILES string of the molecule is CC(C)N(C)c1cccc(NC2CCN(Cc3cccnc3)CC2)c1. The molecule has 0 spiro atoms. The zero-order valence-corrected chi connectivity index (χ0v) is 15.7. The molecular formula is C21H30N4. The lowest BCUT2D eigenvalue weighted by atomic mass is 10.0. The van der Waals surface area contributed by atoms with Gasteiger partial charge in [0.05, 0.1) is 0 Å². The topological polar surface area (TPSA) is 31.4 Å². The second-order valence-corrected chi connectivity index (χ2v) is 7.31. The van der Waals surface area contributed by atoms with Gasteiger partial charge in [0.2, 0.25) is 0 Å². The van der Waals surface area contributed by atoms with E-state index in [0.29, 0.717) is 12.1 Å². The van der Waals surface area contributed by atoms with Crippen molar-refractivity contribution in [1.29, 1.82) is 0 Å². The average Bonchev–Trinajstić information content (AvgIpc) is 2.64. The van der Waals surface area contributed by atoms with E-state index in [4.69, 9.17) is 0 Å². The van der Waals surface area contributed by atoms with Crippen LogP contribution in [0.4, 0.5) is 11.4 Å². The van der Waals surface area contributed by atoms with Crippen molar-refractivity contribution in [3.8, 4) is 0 Å². The van der Waals surface area contributed by atoms with E-state index >= 15 is 0 Å². The summed E-state index contributed by atoms with van der Waals surface area (Å²) in [5.74, 6) is 0. The van der Waals surface area contributed by atoms with E-state index in [9.17, 15) is 0 Å². The molecule has 1 aromatic carbocycles. The normalized spacial score (nSPS) is 16.2. The Balaban J connectivity index is 1.51. The lowest BCUT2D eigenvalue weighted by molar-refractivity contribution is 0.211. The molecule has 1 saturated heterocycles. The van der Waals surface area contributed by atoms with E-state index in [-0.39, 0.29) is 0 Å². The van der Waals surface area contributed by atoms with E-state index < -0.39 is 0 Å². The second-order valence-electron chi connectivity index (χ2n) is 7.31. The summed E-state index contributed by atoms with van der Waals surface area (Å²) in [4.78, 5) is 9.05. The third-order valence-corrected chi connectivity index (χ3v) is 5.12. The van der Waals surface area contributed by atoms with Gasteiger partial charge in [-0.15, -0.1) is 0 Å². The van der Waals surface area contributed by atoms with Crippen LogP contribution in [0.3, 0.4) is 0 Å². The lowest BCUT2D eigenvalue weighted by Gasteiger charge is -2.33. The molecule has 0 radical (unpaired) electrons. The number of rotatable bonds is 6. The van der Waals surface area contributed by atoms with Crippen molar-refractivity contribution in [3.05, 3.63) is 54.4 Å². The summed E-state index contributed by atoms with van der Waals surface area (Å²) in [6.07, 6.45) is 6.18. The largest absolute Gasteiger partial charge is 0.382 e. The van der Waals surface area contributed by atoms with Gasteiger partial charge in [-0.3, -0.25) is 9.88 Å². The zero-order valence-electron chi connectivity index (χ0n) is 15.7. The fourth-order valence-electron chi connectivity index (χ4n) is 3.33. The van der Waals surface area contributed by atoms with Crippen LogP contribution in [0.1, 0.15) is 32.3 Å². The van der Waals surface area contributed by atoms with Crippen LogP contribution in [0.25, 0.3) is 0 Å². The molecule has 1 aliphatic heterocycles. The minimum Gasteiger partial charge on any atom is -0.382 e. The molecule has 0 saturated carbocycles. The maximum atomic E-state index is 4.21. The van der Waals surface area contributed by atoms with E-state index in [0.717, 1.165) is 19.6 Å². The molecular weight excluding hydrogens is 308 g/mol. The van der Waals surface area contributed by atoms with E-state index in [1.807, 2.05) is 18.5 Å². The van der Waals surface area contributed by atoms with Crippen LogP contribution in [0.15, 0.2) is 48.8 Å². The quantitative estimate of drug-likeness (QED) is 0.862. The van der Waals surface area contributed by atoms with Gasteiger partial charge >= 0.3 is 0 Å². The van der Waals surface area contributed by atoms with Gasteiger partial charge in [-0.25, -0.2) is 0 Å². The van der Waals surface area contributed by atoms with Gasteiger partial charge in [-0.1, -0.05) is 12.1 Å². The number of nitrogens with one attached hydrogen (secondary N) is 1. The number of nitrogens with zero attached hydrogens (tertiary/aromatic N) is 3. The van der Waals surface area contributed by atoms with Gasteiger partial charge in [0.15, 0.2) is 0 Å². The van der Waals surface area contributed by atoms with Crippen molar-refractivity contribution < 1.29 is 0 Å². The number of likely N-dealkylation sites (tertiary alicyclic amines) is 1. The molecule has 4 heteroatoms. The fraction of sp³-hybridized carbons (Fsp3) is 0.476. The van der Waals surface area contributed by atoms with Gasteiger partial charge in [0, 0.05) is 62.5 Å². The Hall–Kier alpha value is -2.07. The Morgan fingerprint density at radius 3 is 2.68 bits per heavy atom. The van der Waals surface area contributed by atoms with Crippen LogP contribution in [-0.2, 0) is 6.54 Å². The number of pyridine rings is 1. The first-order valence-corrected chi connectivity index (χ1v) is 9.32.